The molecule has 8 heteroatoms. The molecule has 3 aromatic rings. The monoisotopic (exact) mass is 425 g/mol. The summed E-state index contributed by atoms with van der Waals surface area (Å²) in [6.07, 6.45) is 3.70. The fraction of sp³-hybridized carbons (Fsp3) is 0.348. The molecule has 2 fully saturated rings. The van der Waals surface area contributed by atoms with Gasteiger partial charge in [-0.25, -0.2) is 5.10 Å². The highest BCUT2D eigenvalue weighted by molar-refractivity contribution is 5.94. The lowest BCUT2D eigenvalue weighted by Gasteiger charge is -2.57. The summed E-state index contributed by atoms with van der Waals surface area (Å²) in [7, 11) is 0. The number of nitrogens with zero attached hydrogens (tertiary/aromatic N) is 1. The fourth-order valence-electron chi connectivity index (χ4n) is 5.13. The van der Waals surface area contributed by atoms with Crippen LogP contribution < -0.4 is 15.6 Å². The van der Waals surface area contributed by atoms with Crippen LogP contribution in [0, 0.1) is 5.41 Å². The Bertz CT molecular complexity index is 1200. The molecule has 6 nitrogen and oxygen atoms in total. The standard InChI is InChI=1S/C23H21F2N3O3/c24-22(25)31-16-5-3-4-13(8-16)20(29)26-15-11-23(12-15)9-14(10-23)19-17-6-1-2-7-18(17)21(30)28-27-19/h1-8,14-15,22H,9-12H2,(H,26,29)(H,28,30)/t14-,15-,23?. The first-order valence-electron chi connectivity index (χ1n) is 10.3. The van der Waals surface area contributed by atoms with Crippen LogP contribution in [0.15, 0.2) is 53.3 Å². The van der Waals surface area contributed by atoms with Gasteiger partial charge < -0.3 is 10.1 Å². The van der Waals surface area contributed by atoms with Crippen molar-refractivity contribution in [3.63, 3.8) is 0 Å². The van der Waals surface area contributed by atoms with E-state index in [4.69, 9.17) is 0 Å². The largest absolute Gasteiger partial charge is 0.435 e. The Labute approximate surface area is 176 Å². The Morgan fingerprint density at radius 1 is 1.10 bits per heavy atom. The smallest absolute Gasteiger partial charge is 0.387 e. The number of carbonyl (C=O) groups is 1. The summed E-state index contributed by atoms with van der Waals surface area (Å²) in [6, 6.07) is 13.4. The van der Waals surface area contributed by atoms with Crippen molar-refractivity contribution in [1.29, 1.82) is 0 Å². The number of aromatic amines is 1. The first-order valence-corrected chi connectivity index (χ1v) is 10.3. The van der Waals surface area contributed by atoms with Gasteiger partial charge in [-0.15, -0.1) is 0 Å². The van der Waals surface area contributed by atoms with Gasteiger partial charge in [-0.1, -0.05) is 24.3 Å². The third-order valence-electron chi connectivity index (χ3n) is 6.49. The van der Waals surface area contributed by atoms with Gasteiger partial charge in [0.25, 0.3) is 11.5 Å². The maximum atomic E-state index is 12.5. The molecule has 0 radical (unpaired) electrons. The zero-order valence-corrected chi connectivity index (χ0v) is 16.6. The second-order valence-electron chi connectivity index (χ2n) is 8.57. The number of halogens is 2. The lowest BCUT2D eigenvalue weighted by atomic mass is 9.49. The molecule has 1 amide bonds. The first kappa shape index (κ1) is 19.7. The van der Waals surface area contributed by atoms with Gasteiger partial charge >= 0.3 is 6.61 Å². The Morgan fingerprint density at radius 3 is 2.58 bits per heavy atom. The van der Waals surface area contributed by atoms with Crippen LogP contribution in [0.3, 0.4) is 0 Å². The molecule has 1 spiro atoms. The summed E-state index contributed by atoms with van der Waals surface area (Å²) in [5.41, 5.74) is 1.25. The molecule has 1 heterocycles. The van der Waals surface area contributed by atoms with Gasteiger partial charge in [-0.2, -0.15) is 13.9 Å². The maximum absolute atomic E-state index is 12.5. The van der Waals surface area contributed by atoms with E-state index in [9.17, 15) is 18.4 Å². The number of alkyl halides is 2. The Kier molecular flexibility index (Phi) is 4.72. The predicted octanol–water partition coefficient (Wildman–Crippen LogP) is 3.98. The molecule has 2 aliphatic carbocycles. The van der Waals surface area contributed by atoms with E-state index in [2.05, 4.69) is 20.3 Å². The number of ether oxygens (including phenoxy) is 1. The third kappa shape index (κ3) is 3.66. The minimum Gasteiger partial charge on any atom is -0.435 e. The highest BCUT2D eigenvalue weighted by Crippen LogP contribution is 2.62. The summed E-state index contributed by atoms with van der Waals surface area (Å²) in [5, 5.41) is 11.5. The normalized spacial score (nSPS) is 24.6. The fourth-order valence-corrected chi connectivity index (χ4v) is 5.13. The van der Waals surface area contributed by atoms with Gasteiger partial charge in [0.15, 0.2) is 0 Å². The molecule has 2 aromatic carbocycles. The minimum absolute atomic E-state index is 0.0322. The summed E-state index contributed by atoms with van der Waals surface area (Å²) in [6.45, 7) is -2.93. The number of rotatable bonds is 5. The van der Waals surface area contributed by atoms with Crippen LogP contribution >= 0.6 is 0 Å². The van der Waals surface area contributed by atoms with Crippen LogP contribution in [-0.2, 0) is 0 Å². The predicted molar refractivity (Wildman–Crippen MR) is 110 cm³/mol. The molecule has 160 valence electrons. The lowest BCUT2D eigenvalue weighted by Crippen LogP contribution is -2.55. The molecule has 2 saturated carbocycles. The summed E-state index contributed by atoms with van der Waals surface area (Å²) in [5.74, 6) is -0.0273. The minimum atomic E-state index is -2.93. The highest BCUT2D eigenvalue weighted by Gasteiger charge is 2.54. The van der Waals surface area contributed by atoms with Gasteiger partial charge in [0, 0.05) is 22.9 Å². The Balaban J connectivity index is 1.19. The molecule has 0 bridgehead atoms. The number of nitrogens with one attached hydrogen (secondary N) is 2. The van der Waals surface area contributed by atoms with Gasteiger partial charge in [-0.3, -0.25) is 9.59 Å². The van der Waals surface area contributed by atoms with Crippen molar-refractivity contribution < 1.29 is 18.3 Å². The molecular weight excluding hydrogens is 404 g/mol. The van der Waals surface area contributed by atoms with Crippen LogP contribution in [0.2, 0.25) is 0 Å². The van der Waals surface area contributed by atoms with Crippen LogP contribution in [0.5, 0.6) is 5.75 Å². The number of H-pyrrole nitrogens is 1. The Morgan fingerprint density at radius 2 is 1.84 bits per heavy atom. The molecule has 0 atom stereocenters. The van der Waals surface area contributed by atoms with Crippen molar-refractivity contribution in [3.05, 3.63) is 70.1 Å². The molecule has 2 aliphatic rings. The van der Waals surface area contributed by atoms with Crippen molar-refractivity contribution in [2.45, 2.75) is 44.3 Å². The van der Waals surface area contributed by atoms with E-state index in [-0.39, 0.29) is 28.7 Å². The number of amides is 1. The molecule has 0 aliphatic heterocycles. The maximum Gasteiger partial charge on any atom is 0.387 e. The second kappa shape index (κ2) is 7.44. The van der Waals surface area contributed by atoms with Crippen molar-refractivity contribution >= 4 is 16.7 Å². The number of benzene rings is 2. The average molecular weight is 425 g/mol. The summed E-state index contributed by atoms with van der Waals surface area (Å²) in [4.78, 5) is 24.5. The zero-order valence-electron chi connectivity index (χ0n) is 16.6. The second-order valence-corrected chi connectivity index (χ2v) is 8.57. The van der Waals surface area contributed by atoms with Gasteiger partial charge in [-0.05, 0) is 55.4 Å². The van der Waals surface area contributed by atoms with Crippen molar-refractivity contribution in [2.24, 2.45) is 5.41 Å². The number of carbonyl (C=O) groups excluding carboxylic acids is 1. The Hall–Kier alpha value is -3.29. The number of fused-ring (bicyclic) bond motifs is 1. The molecule has 0 unspecified atom stereocenters. The van der Waals surface area contributed by atoms with Crippen LogP contribution in [-0.4, -0.2) is 28.8 Å². The number of aromatic nitrogens is 2. The highest BCUT2D eigenvalue weighted by atomic mass is 19.3. The van der Waals surface area contributed by atoms with Gasteiger partial charge in [0.2, 0.25) is 0 Å². The van der Waals surface area contributed by atoms with Crippen molar-refractivity contribution in [2.75, 3.05) is 0 Å². The molecular formula is C23H21F2N3O3. The van der Waals surface area contributed by atoms with E-state index in [1.54, 1.807) is 6.07 Å². The molecule has 0 saturated heterocycles. The van der Waals surface area contributed by atoms with Gasteiger partial charge in [0.05, 0.1) is 11.1 Å². The van der Waals surface area contributed by atoms with Crippen molar-refractivity contribution in [1.82, 2.24) is 15.5 Å². The SMILES string of the molecule is O=C(N[C@H]1CC2(C1)C[C@H](c1n[nH]c(=O)c3ccccc31)C2)c1cccc(OC(F)F)c1. The average Bonchev–Trinajstić information content (AvgIpc) is 2.69. The third-order valence-corrected chi connectivity index (χ3v) is 6.49. The van der Waals surface area contributed by atoms with Crippen LogP contribution in [0.1, 0.15) is 47.7 Å². The number of hydrogen-bond acceptors (Lipinski definition) is 4. The van der Waals surface area contributed by atoms with E-state index >= 15 is 0 Å². The van der Waals surface area contributed by atoms with Crippen molar-refractivity contribution in [3.8, 4) is 5.75 Å². The first-order chi connectivity index (χ1) is 14.9. The van der Waals surface area contributed by atoms with E-state index in [1.807, 2.05) is 24.3 Å². The van der Waals surface area contributed by atoms with Gasteiger partial charge in [0.1, 0.15) is 5.75 Å². The zero-order chi connectivity index (χ0) is 21.6. The number of hydrogen-bond donors (Lipinski definition) is 2. The van der Waals surface area contributed by atoms with Crippen LogP contribution in [0.4, 0.5) is 8.78 Å². The van der Waals surface area contributed by atoms with E-state index in [1.165, 1.54) is 18.2 Å². The van der Waals surface area contributed by atoms with E-state index in [0.29, 0.717) is 16.9 Å². The summed E-state index contributed by atoms with van der Waals surface area (Å²) >= 11 is 0. The van der Waals surface area contributed by atoms with Crippen LogP contribution in [0.25, 0.3) is 10.8 Å². The topological polar surface area (TPSA) is 84.1 Å². The molecule has 31 heavy (non-hydrogen) atoms. The molecule has 2 N–H and O–H groups in total. The van der Waals surface area contributed by atoms with E-state index < -0.39 is 6.61 Å². The molecule has 5 rings (SSSR count). The molecule has 1 aromatic heterocycles. The van der Waals surface area contributed by atoms with E-state index in [0.717, 1.165) is 36.8 Å². The lowest BCUT2D eigenvalue weighted by molar-refractivity contribution is -0.0499. The quantitative estimate of drug-likeness (QED) is 0.648. The summed E-state index contributed by atoms with van der Waals surface area (Å²) < 4.78 is 29.1.